The van der Waals surface area contributed by atoms with Crippen LogP contribution < -0.4 is 10.7 Å². The van der Waals surface area contributed by atoms with Gasteiger partial charge in [0.15, 0.2) is 0 Å². The number of benzene rings is 1. The molecule has 0 atom stereocenters. The molecule has 0 bridgehead atoms. The van der Waals surface area contributed by atoms with E-state index in [2.05, 4.69) is 24.3 Å². The first-order chi connectivity index (χ1) is 11.5. The number of amides is 1. The fourth-order valence-electron chi connectivity index (χ4n) is 2.94. The molecule has 6 nitrogen and oxygen atoms in total. The molecule has 1 aromatic heterocycles. The summed E-state index contributed by atoms with van der Waals surface area (Å²) in [5.74, 6) is -0.152. The quantitative estimate of drug-likeness (QED) is 0.771. The Morgan fingerprint density at radius 3 is 2.67 bits per heavy atom. The molecule has 2 rings (SSSR count). The Morgan fingerprint density at radius 1 is 1.29 bits per heavy atom. The van der Waals surface area contributed by atoms with Crippen molar-refractivity contribution in [2.45, 2.75) is 39.7 Å². The van der Waals surface area contributed by atoms with Crippen LogP contribution in [0, 0.1) is 5.41 Å². The van der Waals surface area contributed by atoms with Crippen LogP contribution in [0.5, 0.6) is 0 Å². The first-order valence-corrected chi connectivity index (χ1v) is 8.37. The first-order valence-electron chi connectivity index (χ1n) is 8.37. The summed E-state index contributed by atoms with van der Waals surface area (Å²) in [5, 5.41) is 16.8. The molecule has 6 heteroatoms. The minimum Gasteiger partial charge on any atom is -0.396 e. The Labute approximate surface area is 141 Å². The van der Waals surface area contributed by atoms with Gasteiger partial charge in [-0.25, -0.2) is 0 Å². The van der Waals surface area contributed by atoms with Crippen LogP contribution in [0.4, 0.5) is 0 Å². The summed E-state index contributed by atoms with van der Waals surface area (Å²) in [4.78, 5) is 24.1. The van der Waals surface area contributed by atoms with Gasteiger partial charge in [-0.2, -0.15) is 5.10 Å². The SMILES string of the molecule is CCC(CC)(CCO)CNC(=O)Cn1ncc(=O)c2ccccc21. The third kappa shape index (κ3) is 4.00. The summed E-state index contributed by atoms with van der Waals surface area (Å²) >= 11 is 0. The first kappa shape index (κ1) is 18.1. The molecule has 2 aromatic rings. The van der Waals surface area contributed by atoms with Gasteiger partial charge < -0.3 is 10.4 Å². The standard InChI is InChI=1S/C18H25N3O3/c1-3-18(4-2,9-10-22)13-19-17(24)12-21-15-8-6-5-7-14(15)16(23)11-20-21/h5-8,11,22H,3-4,9-10,12-13H2,1-2H3,(H,19,24). The highest BCUT2D eigenvalue weighted by atomic mass is 16.3. The number of rotatable bonds is 8. The van der Waals surface area contributed by atoms with Gasteiger partial charge in [0, 0.05) is 18.5 Å². The van der Waals surface area contributed by atoms with E-state index in [-0.39, 0.29) is 29.9 Å². The molecule has 1 heterocycles. The van der Waals surface area contributed by atoms with E-state index in [0.717, 1.165) is 12.8 Å². The summed E-state index contributed by atoms with van der Waals surface area (Å²) in [7, 11) is 0. The van der Waals surface area contributed by atoms with Gasteiger partial charge in [0.05, 0.1) is 11.7 Å². The van der Waals surface area contributed by atoms with Gasteiger partial charge in [-0.05, 0) is 36.8 Å². The maximum Gasteiger partial charge on any atom is 0.241 e. The zero-order valence-corrected chi connectivity index (χ0v) is 14.3. The van der Waals surface area contributed by atoms with Crippen LogP contribution in [-0.2, 0) is 11.3 Å². The largest absolute Gasteiger partial charge is 0.396 e. The minimum atomic E-state index is -0.152. The number of carbonyl (C=O) groups excluding carboxylic acids is 1. The number of aliphatic hydroxyl groups excluding tert-OH is 1. The maximum atomic E-state index is 12.3. The highest BCUT2D eigenvalue weighted by Gasteiger charge is 2.26. The van der Waals surface area contributed by atoms with E-state index < -0.39 is 0 Å². The number of fused-ring (bicyclic) bond motifs is 1. The van der Waals surface area contributed by atoms with Gasteiger partial charge in [0.2, 0.25) is 11.3 Å². The number of hydrogen-bond donors (Lipinski definition) is 2. The Bertz CT molecular complexity index is 751. The second-order valence-electron chi connectivity index (χ2n) is 6.14. The van der Waals surface area contributed by atoms with E-state index in [4.69, 9.17) is 0 Å². The topological polar surface area (TPSA) is 84.2 Å². The third-order valence-corrected chi connectivity index (χ3v) is 4.86. The lowest BCUT2D eigenvalue weighted by atomic mass is 9.79. The van der Waals surface area contributed by atoms with Crippen LogP contribution in [0.15, 0.2) is 35.3 Å². The minimum absolute atomic E-state index is 0.0590. The lowest BCUT2D eigenvalue weighted by Crippen LogP contribution is -2.39. The normalized spacial score (nSPS) is 11.6. The van der Waals surface area contributed by atoms with Crippen molar-refractivity contribution in [3.63, 3.8) is 0 Å². The van der Waals surface area contributed by atoms with E-state index in [9.17, 15) is 14.7 Å². The zero-order valence-electron chi connectivity index (χ0n) is 14.3. The molecule has 130 valence electrons. The summed E-state index contributed by atoms with van der Waals surface area (Å²) in [6.07, 6.45) is 3.69. The van der Waals surface area contributed by atoms with Crippen molar-refractivity contribution in [1.82, 2.24) is 15.1 Å². The van der Waals surface area contributed by atoms with Gasteiger partial charge in [0.1, 0.15) is 6.54 Å². The van der Waals surface area contributed by atoms with E-state index in [1.165, 1.54) is 10.9 Å². The number of carbonyl (C=O) groups is 1. The average Bonchev–Trinajstić information content (AvgIpc) is 2.61. The molecule has 0 aliphatic rings. The summed E-state index contributed by atoms with van der Waals surface area (Å²) in [5.41, 5.74) is 0.414. The van der Waals surface area contributed by atoms with Crippen molar-refractivity contribution in [2.75, 3.05) is 13.2 Å². The molecule has 0 aliphatic carbocycles. The van der Waals surface area contributed by atoms with Crippen molar-refractivity contribution in [2.24, 2.45) is 5.41 Å². The lowest BCUT2D eigenvalue weighted by molar-refractivity contribution is -0.122. The Morgan fingerprint density at radius 2 is 2.00 bits per heavy atom. The second kappa shape index (κ2) is 8.06. The van der Waals surface area contributed by atoms with Crippen LogP contribution in [-0.4, -0.2) is 33.9 Å². The molecule has 0 fully saturated rings. The Kier molecular flexibility index (Phi) is 6.09. The van der Waals surface area contributed by atoms with Crippen LogP contribution in [0.2, 0.25) is 0 Å². The summed E-state index contributed by atoms with van der Waals surface area (Å²) in [6.45, 7) is 4.84. The molecule has 24 heavy (non-hydrogen) atoms. The molecule has 1 amide bonds. The van der Waals surface area contributed by atoms with Gasteiger partial charge in [-0.3, -0.25) is 14.3 Å². The summed E-state index contributed by atoms with van der Waals surface area (Å²) < 4.78 is 1.54. The molecule has 2 N–H and O–H groups in total. The molecule has 0 spiro atoms. The van der Waals surface area contributed by atoms with Crippen molar-refractivity contribution < 1.29 is 9.90 Å². The molecule has 0 saturated carbocycles. The molecular formula is C18H25N3O3. The van der Waals surface area contributed by atoms with E-state index in [1.54, 1.807) is 18.2 Å². The molecule has 1 aromatic carbocycles. The van der Waals surface area contributed by atoms with E-state index in [1.807, 2.05) is 6.07 Å². The number of aromatic nitrogens is 2. The highest BCUT2D eigenvalue weighted by Crippen LogP contribution is 2.29. The fourth-order valence-corrected chi connectivity index (χ4v) is 2.94. The average molecular weight is 331 g/mol. The number of aliphatic hydroxyl groups is 1. The Hall–Kier alpha value is -2.21. The van der Waals surface area contributed by atoms with Gasteiger partial charge in [-0.15, -0.1) is 0 Å². The van der Waals surface area contributed by atoms with E-state index in [0.29, 0.717) is 23.9 Å². The lowest BCUT2D eigenvalue weighted by Gasteiger charge is -2.31. The van der Waals surface area contributed by atoms with Crippen molar-refractivity contribution in [3.8, 4) is 0 Å². The predicted octanol–water partition coefficient (Wildman–Crippen LogP) is 1.70. The van der Waals surface area contributed by atoms with Gasteiger partial charge >= 0.3 is 0 Å². The molecule has 0 saturated heterocycles. The second-order valence-corrected chi connectivity index (χ2v) is 6.14. The number of para-hydroxylation sites is 1. The van der Waals surface area contributed by atoms with Gasteiger partial charge in [0.25, 0.3) is 0 Å². The monoisotopic (exact) mass is 331 g/mol. The van der Waals surface area contributed by atoms with Crippen molar-refractivity contribution in [3.05, 3.63) is 40.7 Å². The number of hydrogen-bond acceptors (Lipinski definition) is 4. The molecule has 0 radical (unpaired) electrons. The van der Waals surface area contributed by atoms with Gasteiger partial charge in [-0.1, -0.05) is 26.0 Å². The van der Waals surface area contributed by atoms with Crippen LogP contribution in [0.3, 0.4) is 0 Å². The highest BCUT2D eigenvalue weighted by molar-refractivity contribution is 5.81. The number of nitrogens with zero attached hydrogens (tertiary/aromatic N) is 2. The van der Waals surface area contributed by atoms with E-state index >= 15 is 0 Å². The van der Waals surface area contributed by atoms with Crippen LogP contribution >= 0.6 is 0 Å². The number of nitrogens with one attached hydrogen (secondary N) is 1. The summed E-state index contributed by atoms with van der Waals surface area (Å²) in [6, 6.07) is 7.12. The zero-order chi connectivity index (χ0) is 17.6. The van der Waals surface area contributed by atoms with Crippen LogP contribution in [0.25, 0.3) is 10.9 Å². The maximum absolute atomic E-state index is 12.3. The third-order valence-electron chi connectivity index (χ3n) is 4.86. The molecule has 0 unspecified atom stereocenters. The smallest absolute Gasteiger partial charge is 0.241 e. The predicted molar refractivity (Wildman–Crippen MR) is 93.7 cm³/mol. The van der Waals surface area contributed by atoms with Crippen molar-refractivity contribution >= 4 is 16.8 Å². The Balaban J connectivity index is 2.11. The molecular weight excluding hydrogens is 306 g/mol. The van der Waals surface area contributed by atoms with Crippen LogP contribution in [0.1, 0.15) is 33.1 Å². The van der Waals surface area contributed by atoms with Crippen molar-refractivity contribution in [1.29, 1.82) is 0 Å². The molecule has 0 aliphatic heterocycles. The fraction of sp³-hybridized carbons (Fsp3) is 0.500.